The average Bonchev–Trinajstić information content (AvgIpc) is 2.72. The maximum atomic E-state index is 14.3. The van der Waals surface area contributed by atoms with Crippen molar-refractivity contribution in [2.75, 3.05) is 26.2 Å². The third-order valence-electron chi connectivity index (χ3n) is 4.75. The van der Waals surface area contributed by atoms with E-state index in [-0.39, 0.29) is 35.6 Å². The minimum absolute atomic E-state index is 0. The molecule has 143 valence electrons. The molecule has 1 N–H and O–H groups in total. The number of H-pyrrole nitrogens is 1. The molecule has 3 aromatic rings. The average molecular weight is 416 g/mol. The van der Waals surface area contributed by atoms with Gasteiger partial charge in [0.15, 0.2) is 0 Å². The van der Waals surface area contributed by atoms with Gasteiger partial charge in [-0.25, -0.2) is 9.49 Å². The summed E-state index contributed by atoms with van der Waals surface area (Å²) in [7, 11) is 0. The summed E-state index contributed by atoms with van der Waals surface area (Å²) in [5.74, 6) is -0.853. The predicted octanol–water partition coefficient (Wildman–Crippen LogP) is 2.48. The number of rotatable bonds is 3. The molecule has 0 atom stereocenters. The zero-order chi connectivity index (χ0) is 18.8. The number of nitrogens with one attached hydrogen (secondary N) is 1. The van der Waals surface area contributed by atoms with Gasteiger partial charge in [0.25, 0.3) is 11.5 Å². The molecule has 1 aliphatic rings. The summed E-state index contributed by atoms with van der Waals surface area (Å²) in [6.45, 7) is 2.18. The fourth-order valence-electron chi connectivity index (χ4n) is 3.33. The van der Waals surface area contributed by atoms with Crippen molar-refractivity contribution in [3.8, 4) is 0 Å². The summed E-state index contributed by atoms with van der Waals surface area (Å²) < 4.78 is 14.3. The Labute approximate surface area is 173 Å². The van der Waals surface area contributed by atoms with E-state index in [9.17, 15) is 14.0 Å². The molecule has 0 spiro atoms. The summed E-state index contributed by atoms with van der Waals surface area (Å²) in [4.78, 5) is 26.2. The van der Waals surface area contributed by atoms with Crippen LogP contribution in [0.25, 0.3) is 16.1 Å². The van der Waals surface area contributed by atoms with E-state index in [1.54, 1.807) is 29.2 Å². The smallest absolute Gasteiger partial charge is 0.272 e. The van der Waals surface area contributed by atoms with Crippen molar-refractivity contribution in [2.24, 2.45) is 0 Å². The van der Waals surface area contributed by atoms with Crippen LogP contribution in [0.4, 0.5) is 4.39 Å². The van der Waals surface area contributed by atoms with Gasteiger partial charge in [0.1, 0.15) is 5.82 Å². The van der Waals surface area contributed by atoms with E-state index in [1.165, 1.54) is 6.07 Å². The number of fused-ring (bicyclic) bond motifs is 1. The molecular formula is C20H18FN4O2V-. The summed E-state index contributed by atoms with van der Waals surface area (Å²) in [5.41, 5.74) is 1.24. The molecule has 0 aliphatic carbocycles. The second-order valence-corrected chi connectivity index (χ2v) is 6.50. The summed E-state index contributed by atoms with van der Waals surface area (Å²) in [6.07, 6.45) is 0.382. The van der Waals surface area contributed by atoms with Gasteiger partial charge in [-0.1, -0.05) is 24.3 Å². The van der Waals surface area contributed by atoms with Crippen LogP contribution in [-0.4, -0.2) is 47.2 Å². The molecule has 1 aromatic heterocycles. The molecule has 1 aliphatic heterocycles. The molecule has 6 nitrogen and oxygen atoms in total. The van der Waals surface area contributed by atoms with E-state index < -0.39 is 5.82 Å². The Morgan fingerprint density at radius 2 is 1.86 bits per heavy atom. The molecular weight excluding hydrogens is 398 g/mol. The third kappa shape index (κ3) is 4.01. The number of aromatic nitrogens is 2. The van der Waals surface area contributed by atoms with E-state index >= 15 is 0 Å². The molecule has 2 aromatic carbocycles. The Kier molecular flexibility index (Phi) is 6.29. The molecule has 1 fully saturated rings. The van der Waals surface area contributed by atoms with Gasteiger partial charge in [-0.15, -0.1) is 13.1 Å². The van der Waals surface area contributed by atoms with Crippen molar-refractivity contribution < 1.29 is 27.7 Å². The van der Waals surface area contributed by atoms with E-state index in [1.807, 2.05) is 12.1 Å². The zero-order valence-corrected chi connectivity index (χ0v) is 16.5. The third-order valence-corrected chi connectivity index (χ3v) is 4.75. The van der Waals surface area contributed by atoms with Gasteiger partial charge >= 0.3 is 0 Å². The van der Waals surface area contributed by atoms with Gasteiger partial charge in [0, 0.05) is 43.5 Å². The van der Waals surface area contributed by atoms with Crippen LogP contribution in [0.3, 0.4) is 0 Å². The number of hydrogen-bond acceptors (Lipinski definition) is 3. The van der Waals surface area contributed by atoms with Crippen LogP contribution in [0.2, 0.25) is 0 Å². The van der Waals surface area contributed by atoms with Crippen molar-refractivity contribution in [3.63, 3.8) is 0 Å². The van der Waals surface area contributed by atoms with Crippen LogP contribution in [0.1, 0.15) is 21.6 Å². The first-order valence-corrected chi connectivity index (χ1v) is 8.81. The van der Waals surface area contributed by atoms with Crippen LogP contribution in [-0.2, 0) is 25.0 Å². The number of aromatic amines is 1. The molecule has 1 radical (unpaired) electrons. The predicted molar refractivity (Wildman–Crippen MR) is 101 cm³/mol. The molecule has 1 saturated heterocycles. The first-order chi connectivity index (χ1) is 13.1. The van der Waals surface area contributed by atoms with E-state index in [4.69, 9.17) is 0 Å². The normalized spacial score (nSPS) is 14.0. The van der Waals surface area contributed by atoms with Crippen molar-refractivity contribution in [1.82, 2.24) is 15.1 Å². The number of piperazine rings is 1. The number of nitrogens with zero attached hydrogens (tertiary/aromatic N) is 3. The van der Waals surface area contributed by atoms with Gasteiger partial charge in [0.05, 0.1) is 16.6 Å². The van der Waals surface area contributed by atoms with Gasteiger partial charge in [-0.05, 0) is 23.8 Å². The molecule has 0 saturated carbocycles. The minimum Gasteiger partial charge on any atom is -0.659 e. The largest absolute Gasteiger partial charge is 0.659 e. The quantitative estimate of drug-likeness (QED) is 0.713. The molecule has 28 heavy (non-hydrogen) atoms. The minimum atomic E-state index is -0.537. The number of hydrogen-bond donors (Lipinski definition) is 1. The van der Waals surface area contributed by atoms with Crippen LogP contribution in [0.15, 0.2) is 47.3 Å². The summed E-state index contributed by atoms with van der Waals surface area (Å²) >= 11 is 0. The Hall–Kier alpha value is -2.48. The Bertz CT molecular complexity index is 1060. The van der Waals surface area contributed by atoms with Gasteiger partial charge in [-0.2, -0.15) is 5.10 Å². The van der Waals surface area contributed by atoms with Crippen LogP contribution in [0, 0.1) is 5.82 Å². The number of halogens is 1. The Morgan fingerprint density at radius 3 is 2.61 bits per heavy atom. The summed E-state index contributed by atoms with van der Waals surface area (Å²) in [5, 5.41) is 12.2. The number of carbonyl (C=O) groups is 1. The van der Waals surface area contributed by atoms with E-state index in [0.29, 0.717) is 43.7 Å². The number of amides is 1. The molecule has 0 unspecified atom stereocenters. The SMILES string of the molecule is O=C(c1cc(Cc2n[nH]c(=O)c3ccccc23)ccc1F)N1CC[N-]CC1.[V]. The van der Waals surface area contributed by atoms with Crippen molar-refractivity contribution in [1.29, 1.82) is 0 Å². The number of benzene rings is 2. The van der Waals surface area contributed by atoms with E-state index in [0.717, 1.165) is 10.9 Å². The van der Waals surface area contributed by atoms with Gasteiger partial charge in [-0.3, -0.25) is 9.59 Å². The van der Waals surface area contributed by atoms with Crippen LogP contribution >= 0.6 is 0 Å². The first-order valence-electron chi connectivity index (χ1n) is 8.81. The van der Waals surface area contributed by atoms with E-state index in [2.05, 4.69) is 15.5 Å². The molecule has 1 amide bonds. The fraction of sp³-hybridized carbons (Fsp3) is 0.250. The second kappa shape index (κ2) is 8.69. The fourth-order valence-corrected chi connectivity index (χ4v) is 3.33. The van der Waals surface area contributed by atoms with Gasteiger partial charge in [0.2, 0.25) is 0 Å². The maximum absolute atomic E-state index is 14.3. The van der Waals surface area contributed by atoms with Crippen LogP contribution < -0.4 is 5.56 Å². The van der Waals surface area contributed by atoms with Gasteiger partial charge < -0.3 is 10.2 Å². The second-order valence-electron chi connectivity index (χ2n) is 6.50. The molecule has 0 bridgehead atoms. The topological polar surface area (TPSA) is 80.2 Å². The standard InChI is InChI=1S/C20H18FN4O2.V/c21-17-6-5-13(11-16(17)20(27)25-9-7-22-8-10-25)12-18-14-3-1-2-4-15(14)19(26)24-23-18;/h1-6,11H,7-10,12H2,(H,24,26);/q-1;. The molecule has 2 heterocycles. The van der Waals surface area contributed by atoms with Crippen molar-refractivity contribution in [2.45, 2.75) is 6.42 Å². The Balaban J connectivity index is 0.00000225. The van der Waals surface area contributed by atoms with Crippen LogP contribution in [0.5, 0.6) is 0 Å². The van der Waals surface area contributed by atoms with Crippen molar-refractivity contribution in [3.05, 3.63) is 80.8 Å². The first kappa shape index (κ1) is 20.3. The maximum Gasteiger partial charge on any atom is 0.272 e. The zero-order valence-electron chi connectivity index (χ0n) is 15.1. The molecule has 8 heteroatoms. The number of carbonyl (C=O) groups excluding carboxylic acids is 1. The summed E-state index contributed by atoms with van der Waals surface area (Å²) in [6, 6.07) is 11.7. The Morgan fingerprint density at radius 1 is 1.14 bits per heavy atom. The molecule has 4 rings (SSSR count). The monoisotopic (exact) mass is 416 g/mol. The van der Waals surface area contributed by atoms with Crippen molar-refractivity contribution >= 4 is 16.7 Å².